The van der Waals surface area contributed by atoms with Gasteiger partial charge in [0.05, 0.1) is 11.1 Å². The predicted molar refractivity (Wildman–Crippen MR) is 88.6 cm³/mol. The van der Waals surface area contributed by atoms with Gasteiger partial charge in [-0.1, -0.05) is 24.6 Å². The van der Waals surface area contributed by atoms with Gasteiger partial charge < -0.3 is 5.32 Å². The van der Waals surface area contributed by atoms with Crippen LogP contribution in [0.15, 0.2) is 35.0 Å². The summed E-state index contributed by atoms with van der Waals surface area (Å²) in [6, 6.07) is 8.70. The van der Waals surface area contributed by atoms with Gasteiger partial charge in [0.1, 0.15) is 0 Å². The summed E-state index contributed by atoms with van der Waals surface area (Å²) in [7, 11) is 0. The first kappa shape index (κ1) is 14.3. The summed E-state index contributed by atoms with van der Waals surface area (Å²) in [4.78, 5) is 0. The minimum absolute atomic E-state index is 0.241. The Labute approximate surface area is 131 Å². The Morgan fingerprint density at radius 3 is 2.78 bits per heavy atom. The zero-order valence-electron chi connectivity index (χ0n) is 10.1. The van der Waals surface area contributed by atoms with Crippen LogP contribution in [0.2, 0.25) is 5.02 Å². The molecule has 1 unspecified atom stereocenters. The van der Waals surface area contributed by atoms with E-state index in [0.717, 1.165) is 21.6 Å². The lowest BCUT2D eigenvalue weighted by atomic mass is 10.0. The van der Waals surface area contributed by atoms with Crippen LogP contribution >= 0.6 is 45.5 Å². The molecular formula is C14H15ClINS. The van der Waals surface area contributed by atoms with Crippen LogP contribution < -0.4 is 5.32 Å². The van der Waals surface area contributed by atoms with E-state index in [1.165, 1.54) is 11.1 Å². The first-order valence-corrected chi connectivity index (χ1v) is 8.32. The van der Waals surface area contributed by atoms with Gasteiger partial charge in [-0.25, -0.2) is 0 Å². The van der Waals surface area contributed by atoms with Crippen molar-refractivity contribution in [2.24, 2.45) is 0 Å². The summed E-state index contributed by atoms with van der Waals surface area (Å²) >= 11 is 10.2. The minimum Gasteiger partial charge on any atom is -0.306 e. The van der Waals surface area contributed by atoms with Crippen LogP contribution in [0.25, 0.3) is 0 Å². The maximum absolute atomic E-state index is 6.22. The summed E-state index contributed by atoms with van der Waals surface area (Å²) < 4.78 is 1.09. The molecular weight excluding hydrogens is 377 g/mol. The van der Waals surface area contributed by atoms with Gasteiger partial charge in [-0.05, 0) is 75.6 Å². The highest BCUT2D eigenvalue weighted by molar-refractivity contribution is 14.1. The van der Waals surface area contributed by atoms with Gasteiger partial charge in [-0.3, -0.25) is 0 Å². The van der Waals surface area contributed by atoms with Crippen LogP contribution in [0.5, 0.6) is 0 Å². The number of rotatable bonds is 5. The monoisotopic (exact) mass is 391 g/mol. The number of nitrogens with one attached hydrogen (secondary N) is 1. The van der Waals surface area contributed by atoms with Crippen molar-refractivity contribution in [3.63, 3.8) is 0 Å². The molecule has 1 N–H and O–H groups in total. The molecule has 0 saturated heterocycles. The summed E-state index contributed by atoms with van der Waals surface area (Å²) in [5.41, 5.74) is 2.54. The van der Waals surface area contributed by atoms with Crippen LogP contribution in [0.3, 0.4) is 0 Å². The van der Waals surface area contributed by atoms with Gasteiger partial charge in [0.25, 0.3) is 0 Å². The Hall–Kier alpha value is -0.100. The van der Waals surface area contributed by atoms with E-state index in [4.69, 9.17) is 11.6 Å². The summed E-state index contributed by atoms with van der Waals surface area (Å²) in [5.74, 6) is 0. The largest absolute Gasteiger partial charge is 0.306 e. The third kappa shape index (κ3) is 3.47. The number of halogens is 2. The van der Waals surface area contributed by atoms with Crippen molar-refractivity contribution in [1.82, 2.24) is 5.32 Å². The van der Waals surface area contributed by atoms with E-state index in [2.05, 4.69) is 69.9 Å². The normalized spacial score (nSPS) is 12.6. The molecule has 1 aromatic carbocycles. The van der Waals surface area contributed by atoms with E-state index >= 15 is 0 Å². The lowest BCUT2D eigenvalue weighted by Gasteiger charge is -2.18. The zero-order chi connectivity index (χ0) is 13.0. The molecule has 0 spiro atoms. The van der Waals surface area contributed by atoms with Crippen molar-refractivity contribution in [1.29, 1.82) is 0 Å². The highest BCUT2D eigenvalue weighted by Gasteiger charge is 2.14. The summed E-state index contributed by atoms with van der Waals surface area (Å²) in [5, 5.41) is 8.71. The van der Waals surface area contributed by atoms with Crippen molar-refractivity contribution < 1.29 is 0 Å². The van der Waals surface area contributed by atoms with Crippen LogP contribution in [0.4, 0.5) is 0 Å². The third-order valence-electron chi connectivity index (χ3n) is 2.75. The second-order valence-corrected chi connectivity index (χ2v) is 6.47. The summed E-state index contributed by atoms with van der Waals surface area (Å²) in [6.45, 7) is 3.18. The van der Waals surface area contributed by atoms with Crippen molar-refractivity contribution >= 4 is 45.5 Å². The molecule has 4 heteroatoms. The molecule has 0 bridgehead atoms. The molecule has 2 aromatic rings. The molecule has 0 aliphatic heterocycles. The summed E-state index contributed by atoms with van der Waals surface area (Å²) in [6.07, 6.45) is 1.12. The molecule has 0 aliphatic rings. The first-order chi connectivity index (χ1) is 8.72. The van der Waals surface area contributed by atoms with E-state index < -0.39 is 0 Å². The minimum atomic E-state index is 0.241. The average Bonchev–Trinajstić information content (AvgIpc) is 2.88. The lowest BCUT2D eigenvalue weighted by Crippen LogP contribution is -2.22. The van der Waals surface area contributed by atoms with E-state index in [1.807, 2.05) is 0 Å². The molecule has 2 rings (SSSR count). The van der Waals surface area contributed by atoms with Gasteiger partial charge in [0.15, 0.2) is 0 Å². The molecule has 0 radical (unpaired) electrons. The highest BCUT2D eigenvalue weighted by atomic mass is 127. The fraction of sp³-hybridized carbons (Fsp3) is 0.286. The molecule has 0 amide bonds. The van der Waals surface area contributed by atoms with E-state index in [1.54, 1.807) is 11.3 Å². The highest BCUT2D eigenvalue weighted by Crippen LogP contribution is 2.28. The second-order valence-electron chi connectivity index (χ2n) is 4.12. The van der Waals surface area contributed by atoms with Crippen LogP contribution in [0.1, 0.15) is 30.5 Å². The Balaban J connectivity index is 2.30. The van der Waals surface area contributed by atoms with E-state index in [0.29, 0.717) is 0 Å². The maximum atomic E-state index is 6.22. The molecule has 1 nitrogen and oxygen atoms in total. The van der Waals surface area contributed by atoms with Gasteiger partial charge in [0, 0.05) is 3.57 Å². The molecule has 18 heavy (non-hydrogen) atoms. The van der Waals surface area contributed by atoms with Crippen LogP contribution in [0, 0.1) is 3.57 Å². The van der Waals surface area contributed by atoms with Crippen molar-refractivity contribution in [2.45, 2.75) is 19.4 Å². The molecule has 0 saturated carbocycles. The zero-order valence-corrected chi connectivity index (χ0v) is 13.8. The van der Waals surface area contributed by atoms with E-state index in [9.17, 15) is 0 Å². The first-order valence-electron chi connectivity index (χ1n) is 5.92. The van der Waals surface area contributed by atoms with Gasteiger partial charge in [0.2, 0.25) is 0 Å². The number of thiophene rings is 1. The second kappa shape index (κ2) is 6.89. The van der Waals surface area contributed by atoms with Gasteiger partial charge in [-0.15, -0.1) is 0 Å². The molecule has 1 atom stereocenters. The lowest BCUT2D eigenvalue weighted by molar-refractivity contribution is 0.600. The molecule has 1 heterocycles. The SMILES string of the molecule is CCCNC(c1ccsc1)c1ccc(I)c(Cl)c1. The van der Waals surface area contributed by atoms with Gasteiger partial charge >= 0.3 is 0 Å². The van der Waals surface area contributed by atoms with E-state index in [-0.39, 0.29) is 6.04 Å². The number of hydrogen-bond donors (Lipinski definition) is 1. The predicted octanol–water partition coefficient (Wildman–Crippen LogP) is 5.10. The topological polar surface area (TPSA) is 12.0 Å². The Kier molecular flexibility index (Phi) is 5.48. The molecule has 0 aliphatic carbocycles. The average molecular weight is 392 g/mol. The maximum Gasteiger partial charge on any atom is 0.0585 e. The quantitative estimate of drug-likeness (QED) is 0.700. The molecule has 1 aromatic heterocycles. The Morgan fingerprint density at radius 2 is 2.17 bits per heavy atom. The number of benzene rings is 1. The molecule has 0 fully saturated rings. The number of hydrogen-bond acceptors (Lipinski definition) is 2. The van der Waals surface area contributed by atoms with Crippen molar-refractivity contribution in [3.8, 4) is 0 Å². The standard InChI is InChI=1S/C14H15ClINS/c1-2-6-17-14(11-5-7-18-9-11)10-3-4-13(16)12(15)8-10/h3-5,7-9,14,17H,2,6H2,1H3. The smallest absolute Gasteiger partial charge is 0.0585 e. The van der Waals surface area contributed by atoms with Crippen molar-refractivity contribution in [3.05, 3.63) is 54.7 Å². The third-order valence-corrected chi connectivity index (χ3v) is 5.03. The van der Waals surface area contributed by atoms with Crippen LogP contribution in [-0.2, 0) is 0 Å². The fourth-order valence-corrected chi connectivity index (χ4v) is 3.06. The Morgan fingerprint density at radius 1 is 1.33 bits per heavy atom. The van der Waals surface area contributed by atoms with Crippen molar-refractivity contribution in [2.75, 3.05) is 6.54 Å². The Bertz CT molecular complexity index is 499. The molecule has 96 valence electrons. The van der Waals surface area contributed by atoms with Crippen LogP contribution in [-0.4, -0.2) is 6.54 Å². The van der Waals surface area contributed by atoms with Gasteiger partial charge in [-0.2, -0.15) is 11.3 Å². The fourth-order valence-electron chi connectivity index (χ4n) is 1.85.